The van der Waals surface area contributed by atoms with Gasteiger partial charge in [0.1, 0.15) is 12.0 Å². The van der Waals surface area contributed by atoms with Crippen molar-refractivity contribution < 1.29 is 19.1 Å². The highest BCUT2D eigenvalue weighted by molar-refractivity contribution is 5.77. The van der Waals surface area contributed by atoms with Gasteiger partial charge < -0.3 is 14.8 Å². The summed E-state index contributed by atoms with van der Waals surface area (Å²) in [7, 11) is 0. The minimum Gasteiger partial charge on any atom is -0.484 e. The van der Waals surface area contributed by atoms with Crippen molar-refractivity contribution in [1.29, 1.82) is 0 Å². The molecule has 182 valence electrons. The van der Waals surface area contributed by atoms with Crippen molar-refractivity contribution in [1.82, 2.24) is 20.3 Å². The number of aldehydes is 1. The molecule has 0 spiro atoms. The summed E-state index contributed by atoms with van der Waals surface area (Å²) < 4.78 is 12.8. The van der Waals surface area contributed by atoms with Crippen LogP contribution in [0, 0.1) is 17.8 Å². The van der Waals surface area contributed by atoms with Crippen LogP contribution in [0.2, 0.25) is 0 Å². The summed E-state index contributed by atoms with van der Waals surface area (Å²) in [6.45, 7) is 15.4. The van der Waals surface area contributed by atoms with E-state index in [9.17, 15) is 9.59 Å². The van der Waals surface area contributed by atoms with E-state index in [1.165, 1.54) is 0 Å². The highest BCUT2D eigenvalue weighted by atomic mass is 16.5. The Hall–Kier alpha value is -2.74. The highest BCUT2D eigenvalue weighted by Gasteiger charge is 2.35. The van der Waals surface area contributed by atoms with Gasteiger partial charge in [-0.15, -0.1) is 5.10 Å². The molecule has 2 rings (SSSR count). The van der Waals surface area contributed by atoms with E-state index in [0.717, 1.165) is 12.0 Å². The number of nitrogens with one attached hydrogen (secondary N) is 1. The fraction of sp³-hybridized carbons (Fsp3) is 0.600. The molecule has 1 N–H and O–H groups in total. The average Bonchev–Trinajstić information content (AvgIpc) is 3.29. The van der Waals surface area contributed by atoms with Gasteiger partial charge in [0, 0.05) is 23.7 Å². The van der Waals surface area contributed by atoms with Gasteiger partial charge in [-0.05, 0) is 42.0 Å². The van der Waals surface area contributed by atoms with E-state index in [-0.39, 0.29) is 17.9 Å². The average molecular weight is 459 g/mol. The molecule has 0 fully saturated rings. The maximum atomic E-state index is 11.9. The van der Waals surface area contributed by atoms with Crippen LogP contribution in [0.15, 0.2) is 30.5 Å². The van der Waals surface area contributed by atoms with Crippen LogP contribution in [0.4, 0.5) is 0 Å². The van der Waals surface area contributed by atoms with E-state index in [0.29, 0.717) is 55.4 Å². The van der Waals surface area contributed by atoms with Gasteiger partial charge in [-0.25, -0.2) is 4.68 Å². The minimum absolute atomic E-state index is 0.0638. The molecule has 0 saturated heterocycles. The minimum atomic E-state index is -0.231. The summed E-state index contributed by atoms with van der Waals surface area (Å²) in [5, 5.41) is 11.4. The van der Waals surface area contributed by atoms with Crippen molar-refractivity contribution in [2.24, 2.45) is 17.8 Å². The van der Waals surface area contributed by atoms with E-state index in [1.54, 1.807) is 24.3 Å². The number of carbonyl (C=O) groups is 2. The number of benzene rings is 1. The quantitative estimate of drug-likeness (QED) is 0.344. The van der Waals surface area contributed by atoms with Crippen molar-refractivity contribution in [2.75, 3.05) is 26.4 Å². The molecule has 0 radical (unpaired) electrons. The summed E-state index contributed by atoms with van der Waals surface area (Å²) in [5.41, 5.74) is 1.49. The van der Waals surface area contributed by atoms with Crippen molar-refractivity contribution in [3.63, 3.8) is 0 Å². The molecular weight excluding hydrogens is 420 g/mol. The molecule has 2 unspecified atom stereocenters. The zero-order valence-corrected chi connectivity index (χ0v) is 20.7. The first-order chi connectivity index (χ1) is 15.6. The molecule has 1 heterocycles. The van der Waals surface area contributed by atoms with Crippen molar-refractivity contribution in [3.8, 4) is 5.75 Å². The van der Waals surface area contributed by atoms with E-state index in [2.05, 4.69) is 57.2 Å². The first-order valence-corrected chi connectivity index (χ1v) is 11.6. The van der Waals surface area contributed by atoms with Gasteiger partial charge in [0.15, 0.2) is 6.61 Å². The van der Waals surface area contributed by atoms with E-state index in [4.69, 9.17) is 9.47 Å². The fourth-order valence-electron chi connectivity index (χ4n) is 3.54. The van der Waals surface area contributed by atoms with Crippen LogP contribution in [0.3, 0.4) is 0 Å². The molecule has 8 heteroatoms. The highest BCUT2D eigenvalue weighted by Crippen LogP contribution is 2.37. The second-order valence-corrected chi connectivity index (χ2v) is 9.42. The summed E-state index contributed by atoms with van der Waals surface area (Å²) in [6, 6.07) is 6.59. The molecule has 0 aliphatic rings. The number of hydrogen-bond donors (Lipinski definition) is 1. The standard InChI is InChI=1S/C25H38N4O4/c1-18(2)19(3)20(4)25(5,6)23-15-29(28-27-23)12-14-32-13-11-26-24(31)17-33-22-9-7-21(16-30)8-10-22/h7-10,15-16,18-20H,11-14,17H2,1-6H3,(H,26,31). The monoisotopic (exact) mass is 458 g/mol. The third kappa shape index (κ3) is 7.96. The van der Waals surface area contributed by atoms with Crippen molar-refractivity contribution in [2.45, 2.75) is 53.5 Å². The van der Waals surface area contributed by atoms with Crippen LogP contribution in [0.25, 0.3) is 0 Å². The van der Waals surface area contributed by atoms with Gasteiger partial charge in [-0.2, -0.15) is 0 Å². The van der Waals surface area contributed by atoms with Gasteiger partial charge in [0.2, 0.25) is 0 Å². The summed E-state index contributed by atoms with van der Waals surface area (Å²) in [6.07, 6.45) is 2.77. The normalized spacial score (nSPS) is 13.5. The first-order valence-electron chi connectivity index (χ1n) is 11.6. The Morgan fingerprint density at radius 1 is 1.15 bits per heavy atom. The maximum Gasteiger partial charge on any atom is 0.258 e. The molecule has 0 bridgehead atoms. The van der Waals surface area contributed by atoms with Crippen LogP contribution in [-0.4, -0.2) is 53.6 Å². The number of carbonyl (C=O) groups excluding carboxylic acids is 2. The molecule has 1 aromatic carbocycles. The molecule has 33 heavy (non-hydrogen) atoms. The predicted molar refractivity (Wildman–Crippen MR) is 127 cm³/mol. The molecule has 1 aromatic heterocycles. The van der Waals surface area contributed by atoms with Crippen LogP contribution in [-0.2, 0) is 21.5 Å². The zero-order chi connectivity index (χ0) is 24.4. The Morgan fingerprint density at radius 3 is 2.48 bits per heavy atom. The maximum absolute atomic E-state index is 11.9. The Labute approximate surface area is 197 Å². The number of amides is 1. The summed E-state index contributed by atoms with van der Waals surface area (Å²) in [4.78, 5) is 22.5. The Balaban J connectivity index is 1.64. The van der Waals surface area contributed by atoms with Gasteiger partial charge in [-0.3, -0.25) is 9.59 Å². The lowest BCUT2D eigenvalue weighted by Crippen LogP contribution is -2.33. The van der Waals surface area contributed by atoms with E-state index >= 15 is 0 Å². The Bertz CT molecular complexity index is 877. The fourth-order valence-corrected chi connectivity index (χ4v) is 3.54. The second-order valence-electron chi connectivity index (χ2n) is 9.42. The van der Waals surface area contributed by atoms with Crippen molar-refractivity contribution >= 4 is 12.2 Å². The lowest BCUT2D eigenvalue weighted by molar-refractivity contribution is -0.123. The number of hydrogen-bond acceptors (Lipinski definition) is 6. The van der Waals surface area contributed by atoms with Crippen molar-refractivity contribution in [3.05, 3.63) is 41.7 Å². The van der Waals surface area contributed by atoms with Crippen LogP contribution in [0.1, 0.15) is 57.6 Å². The lowest BCUT2D eigenvalue weighted by atomic mass is 9.69. The molecule has 1 amide bonds. The van der Waals surface area contributed by atoms with Crippen LogP contribution in [0.5, 0.6) is 5.75 Å². The lowest BCUT2D eigenvalue weighted by Gasteiger charge is -2.36. The molecule has 2 atom stereocenters. The molecule has 2 aromatic rings. The number of aromatic nitrogens is 3. The Morgan fingerprint density at radius 2 is 1.85 bits per heavy atom. The van der Waals surface area contributed by atoms with E-state index in [1.807, 2.05) is 10.9 Å². The third-order valence-corrected chi connectivity index (χ3v) is 6.60. The van der Waals surface area contributed by atoms with E-state index < -0.39 is 0 Å². The first kappa shape index (κ1) is 26.5. The van der Waals surface area contributed by atoms with Gasteiger partial charge in [0.05, 0.1) is 25.5 Å². The zero-order valence-electron chi connectivity index (χ0n) is 20.7. The second kappa shape index (κ2) is 12.5. The van der Waals surface area contributed by atoms with Crippen LogP contribution < -0.4 is 10.1 Å². The molecule has 0 saturated carbocycles. The third-order valence-electron chi connectivity index (χ3n) is 6.60. The van der Waals surface area contributed by atoms with Gasteiger partial charge in [-0.1, -0.05) is 46.8 Å². The number of rotatable bonds is 14. The number of ether oxygens (including phenoxy) is 2. The van der Waals surface area contributed by atoms with Gasteiger partial charge >= 0.3 is 0 Å². The molecule has 0 aliphatic carbocycles. The largest absolute Gasteiger partial charge is 0.484 e. The number of nitrogens with zero attached hydrogens (tertiary/aromatic N) is 3. The van der Waals surface area contributed by atoms with Gasteiger partial charge in [0.25, 0.3) is 5.91 Å². The summed E-state index contributed by atoms with van der Waals surface area (Å²) >= 11 is 0. The molecule has 8 nitrogen and oxygen atoms in total. The predicted octanol–water partition coefficient (Wildman–Crippen LogP) is 3.51. The summed E-state index contributed by atoms with van der Waals surface area (Å²) in [5.74, 6) is 1.98. The molecule has 0 aliphatic heterocycles. The smallest absolute Gasteiger partial charge is 0.258 e. The van der Waals surface area contributed by atoms with Crippen LogP contribution >= 0.6 is 0 Å². The topological polar surface area (TPSA) is 95.3 Å². The molecular formula is C25H38N4O4. The SMILES string of the molecule is CC(C)C(C)C(C)C(C)(C)c1cn(CCOCCNC(=O)COc2ccc(C=O)cc2)nn1. The Kier molecular flexibility index (Phi) is 10.0.